The van der Waals surface area contributed by atoms with Crippen molar-refractivity contribution in [3.05, 3.63) is 131 Å². The van der Waals surface area contributed by atoms with Crippen molar-refractivity contribution in [2.45, 2.75) is 69.9 Å². The maximum absolute atomic E-state index is 13.0. The van der Waals surface area contributed by atoms with Crippen LogP contribution in [0.1, 0.15) is 60.0 Å². The standard InChI is InChI=1S/C43H51N3O7/c1-29-39(26-46-23-9-13-36(46)28-50-2)52-42(53-40(29)33-17-15-31(27-47)16-18-33)34-21-19-32(20-22-34)37-14-8-7-12-35(37)25-44-43(49)45-38(41(48)51-3)24-30-10-5-4-6-11-30/h4-8,10-12,14-22,29,36,38-40,42,47H,9,13,23-28H2,1-3H3,(H2,44,45,49). The molecule has 2 amide bonds. The first-order chi connectivity index (χ1) is 25.9. The summed E-state index contributed by atoms with van der Waals surface area (Å²) in [6.45, 7) is 4.97. The van der Waals surface area contributed by atoms with Gasteiger partial charge in [-0.3, -0.25) is 4.90 Å². The molecule has 280 valence electrons. The zero-order valence-corrected chi connectivity index (χ0v) is 30.8. The second-order valence-electron chi connectivity index (χ2n) is 13.9. The Balaban J connectivity index is 1.16. The summed E-state index contributed by atoms with van der Waals surface area (Å²) in [4.78, 5) is 28.0. The van der Waals surface area contributed by atoms with E-state index in [9.17, 15) is 14.7 Å². The lowest BCUT2D eigenvalue weighted by Gasteiger charge is -2.43. The van der Waals surface area contributed by atoms with Crippen LogP contribution in [-0.2, 0) is 43.3 Å². The molecule has 6 rings (SSSR count). The minimum absolute atomic E-state index is 0.00504. The number of urea groups is 1. The second-order valence-corrected chi connectivity index (χ2v) is 13.9. The van der Waals surface area contributed by atoms with Crippen LogP contribution in [0.2, 0.25) is 0 Å². The largest absolute Gasteiger partial charge is 0.467 e. The second kappa shape index (κ2) is 18.4. The Morgan fingerprint density at radius 1 is 0.887 bits per heavy atom. The normalized spacial score (nSPS) is 22.2. The zero-order chi connectivity index (χ0) is 37.2. The van der Waals surface area contributed by atoms with E-state index in [1.165, 1.54) is 7.11 Å². The molecule has 4 aromatic carbocycles. The van der Waals surface area contributed by atoms with Crippen LogP contribution < -0.4 is 10.6 Å². The van der Waals surface area contributed by atoms with Crippen molar-refractivity contribution in [2.24, 2.45) is 5.92 Å². The fourth-order valence-electron chi connectivity index (χ4n) is 7.42. The minimum Gasteiger partial charge on any atom is -0.467 e. The quantitative estimate of drug-likeness (QED) is 0.129. The van der Waals surface area contributed by atoms with E-state index < -0.39 is 24.3 Å². The summed E-state index contributed by atoms with van der Waals surface area (Å²) < 4.78 is 24.0. The summed E-state index contributed by atoms with van der Waals surface area (Å²) in [5.41, 5.74) is 6.64. The van der Waals surface area contributed by atoms with Gasteiger partial charge in [0.15, 0.2) is 6.29 Å². The molecular weight excluding hydrogens is 670 g/mol. The van der Waals surface area contributed by atoms with Crippen molar-refractivity contribution < 1.29 is 33.6 Å². The molecule has 0 radical (unpaired) electrons. The minimum atomic E-state index is -0.821. The van der Waals surface area contributed by atoms with Crippen molar-refractivity contribution in [1.82, 2.24) is 15.5 Å². The molecule has 0 aliphatic carbocycles. The van der Waals surface area contributed by atoms with Gasteiger partial charge in [0.05, 0.1) is 32.5 Å². The maximum atomic E-state index is 13.0. The van der Waals surface area contributed by atoms with Gasteiger partial charge in [0.1, 0.15) is 6.04 Å². The Bertz CT molecular complexity index is 1770. The number of carbonyl (C=O) groups excluding carboxylic acids is 2. The first kappa shape index (κ1) is 38.2. The molecule has 0 aromatic heterocycles. The number of nitrogens with one attached hydrogen (secondary N) is 2. The SMILES string of the molecule is COCC1CCCN1CC1OC(c2ccc(-c3ccccc3CNC(=O)NC(Cc3ccccc3)C(=O)OC)cc2)OC(c2ccc(CO)cc2)C1C. The van der Waals surface area contributed by atoms with Gasteiger partial charge in [-0.05, 0) is 52.8 Å². The molecule has 4 aromatic rings. The summed E-state index contributed by atoms with van der Waals surface area (Å²) in [6.07, 6.45) is 1.74. The number of benzene rings is 4. The van der Waals surface area contributed by atoms with Gasteiger partial charge in [0.25, 0.3) is 0 Å². The van der Waals surface area contributed by atoms with Crippen LogP contribution in [-0.4, -0.2) is 74.1 Å². The van der Waals surface area contributed by atoms with Gasteiger partial charge in [-0.25, -0.2) is 9.59 Å². The highest BCUT2D eigenvalue weighted by Crippen LogP contribution is 2.42. The van der Waals surface area contributed by atoms with E-state index in [0.717, 1.165) is 64.9 Å². The van der Waals surface area contributed by atoms with Gasteiger partial charge in [-0.2, -0.15) is 0 Å². The number of rotatable bonds is 14. The van der Waals surface area contributed by atoms with Gasteiger partial charge in [0.2, 0.25) is 0 Å². The monoisotopic (exact) mass is 721 g/mol. The topological polar surface area (TPSA) is 119 Å². The van der Waals surface area contributed by atoms with E-state index in [-0.39, 0.29) is 31.3 Å². The fraction of sp³-hybridized carbons (Fsp3) is 0.395. The van der Waals surface area contributed by atoms with Crippen LogP contribution in [0, 0.1) is 5.92 Å². The molecule has 2 fully saturated rings. The van der Waals surface area contributed by atoms with Gasteiger partial charge >= 0.3 is 12.0 Å². The predicted octanol–water partition coefficient (Wildman–Crippen LogP) is 6.33. The molecule has 53 heavy (non-hydrogen) atoms. The molecular formula is C43H51N3O7. The summed E-state index contributed by atoms with van der Waals surface area (Å²) in [5, 5.41) is 15.3. The van der Waals surface area contributed by atoms with Gasteiger partial charge in [0, 0.05) is 44.1 Å². The predicted molar refractivity (Wildman–Crippen MR) is 203 cm³/mol. The number of aliphatic hydroxyl groups is 1. The van der Waals surface area contributed by atoms with Crippen LogP contribution >= 0.6 is 0 Å². The molecule has 0 bridgehead atoms. The number of carbonyl (C=O) groups is 2. The molecule has 0 spiro atoms. The maximum Gasteiger partial charge on any atom is 0.328 e. The van der Waals surface area contributed by atoms with Crippen LogP contribution in [0.3, 0.4) is 0 Å². The van der Waals surface area contributed by atoms with Crippen LogP contribution in [0.4, 0.5) is 4.79 Å². The molecule has 2 aliphatic rings. The molecule has 6 atom stereocenters. The third-order valence-electron chi connectivity index (χ3n) is 10.4. The first-order valence-electron chi connectivity index (χ1n) is 18.4. The Labute approximate surface area is 312 Å². The summed E-state index contributed by atoms with van der Waals surface area (Å²) in [7, 11) is 3.08. The van der Waals surface area contributed by atoms with E-state index in [4.69, 9.17) is 18.9 Å². The number of methoxy groups -OCH3 is 2. The van der Waals surface area contributed by atoms with E-state index in [0.29, 0.717) is 19.1 Å². The third-order valence-corrected chi connectivity index (χ3v) is 10.4. The van der Waals surface area contributed by atoms with Crippen molar-refractivity contribution >= 4 is 12.0 Å². The molecule has 3 N–H and O–H groups in total. The van der Waals surface area contributed by atoms with Crippen molar-refractivity contribution in [3.8, 4) is 11.1 Å². The average molecular weight is 722 g/mol. The number of hydrogen-bond donors (Lipinski definition) is 3. The number of amides is 2. The summed E-state index contributed by atoms with van der Waals surface area (Å²) in [6, 6.07) is 32.7. The Hall–Kier alpha value is -4.58. The molecule has 2 heterocycles. The summed E-state index contributed by atoms with van der Waals surface area (Å²) in [5.74, 6) is -0.416. The Morgan fingerprint density at radius 2 is 1.60 bits per heavy atom. The van der Waals surface area contributed by atoms with Crippen molar-refractivity contribution in [2.75, 3.05) is 33.9 Å². The Kier molecular flexibility index (Phi) is 13.3. The lowest BCUT2D eigenvalue weighted by molar-refractivity contribution is -0.276. The van der Waals surface area contributed by atoms with E-state index >= 15 is 0 Å². The van der Waals surface area contributed by atoms with Crippen molar-refractivity contribution in [3.63, 3.8) is 0 Å². The van der Waals surface area contributed by atoms with Crippen LogP contribution in [0.5, 0.6) is 0 Å². The first-order valence-corrected chi connectivity index (χ1v) is 18.4. The highest BCUT2D eigenvalue weighted by atomic mass is 16.7. The average Bonchev–Trinajstić information content (AvgIpc) is 3.64. The smallest absolute Gasteiger partial charge is 0.328 e. The molecule has 10 nitrogen and oxygen atoms in total. The van der Waals surface area contributed by atoms with E-state index in [2.05, 4.69) is 34.6 Å². The number of aliphatic hydroxyl groups excluding tert-OH is 1. The lowest BCUT2D eigenvalue weighted by Crippen LogP contribution is -2.47. The zero-order valence-electron chi connectivity index (χ0n) is 30.8. The molecule has 2 aliphatic heterocycles. The molecule has 0 saturated carbocycles. The van der Waals surface area contributed by atoms with Crippen LogP contribution in [0.25, 0.3) is 11.1 Å². The van der Waals surface area contributed by atoms with Gasteiger partial charge < -0.3 is 34.7 Å². The fourth-order valence-corrected chi connectivity index (χ4v) is 7.42. The summed E-state index contributed by atoms with van der Waals surface area (Å²) >= 11 is 0. The number of hydrogen-bond acceptors (Lipinski definition) is 8. The number of likely N-dealkylation sites (tertiary alicyclic amines) is 1. The van der Waals surface area contributed by atoms with Gasteiger partial charge in [-0.15, -0.1) is 0 Å². The van der Waals surface area contributed by atoms with E-state index in [1.54, 1.807) is 7.11 Å². The number of ether oxygens (including phenoxy) is 4. The third kappa shape index (κ3) is 9.70. The van der Waals surface area contributed by atoms with Gasteiger partial charge in [-0.1, -0.05) is 110 Å². The highest BCUT2D eigenvalue weighted by molar-refractivity contribution is 5.84. The number of nitrogens with zero attached hydrogens (tertiary/aromatic N) is 1. The molecule has 10 heteroatoms. The highest BCUT2D eigenvalue weighted by Gasteiger charge is 2.40. The van der Waals surface area contributed by atoms with E-state index in [1.807, 2.05) is 91.0 Å². The molecule has 2 saturated heterocycles. The van der Waals surface area contributed by atoms with Crippen LogP contribution in [0.15, 0.2) is 103 Å². The lowest BCUT2D eigenvalue weighted by atomic mass is 9.89. The van der Waals surface area contributed by atoms with Crippen molar-refractivity contribution in [1.29, 1.82) is 0 Å². The molecule has 6 unspecified atom stereocenters. The Morgan fingerprint density at radius 3 is 2.32 bits per heavy atom. The number of esters is 1.